The van der Waals surface area contributed by atoms with E-state index in [-0.39, 0.29) is 37.4 Å². The summed E-state index contributed by atoms with van der Waals surface area (Å²) in [6, 6.07) is 13.8. The van der Waals surface area contributed by atoms with Crippen LogP contribution in [0.2, 0.25) is 0 Å². The van der Waals surface area contributed by atoms with Crippen molar-refractivity contribution in [3.05, 3.63) is 54.1 Å². The Morgan fingerprint density at radius 2 is 1.62 bits per heavy atom. The maximum absolute atomic E-state index is 13.6. The maximum atomic E-state index is 13.6. The third-order valence-electron chi connectivity index (χ3n) is 7.19. The van der Waals surface area contributed by atoms with Crippen molar-refractivity contribution < 1.29 is 27.5 Å². The molecule has 10 heteroatoms. The second-order valence-corrected chi connectivity index (χ2v) is 12.1. The van der Waals surface area contributed by atoms with Gasteiger partial charge >= 0.3 is 0 Å². The SMILES string of the molecule is CCOc1ccc(N(CCCC(=O)N(Cc2ccc(OC)cc2)[C@H](CC)C(=O)NC2CCCC2)S(C)(=O)=O)cc1. The van der Waals surface area contributed by atoms with E-state index in [0.717, 1.165) is 37.5 Å². The van der Waals surface area contributed by atoms with Crippen molar-refractivity contribution in [2.45, 2.75) is 77.4 Å². The van der Waals surface area contributed by atoms with Crippen molar-refractivity contribution in [3.8, 4) is 11.5 Å². The van der Waals surface area contributed by atoms with E-state index in [1.807, 2.05) is 38.1 Å². The lowest BCUT2D eigenvalue weighted by Crippen LogP contribution is -2.51. The van der Waals surface area contributed by atoms with Crippen molar-refractivity contribution in [3.63, 3.8) is 0 Å². The van der Waals surface area contributed by atoms with E-state index < -0.39 is 16.1 Å². The van der Waals surface area contributed by atoms with Gasteiger partial charge in [-0.15, -0.1) is 0 Å². The lowest BCUT2D eigenvalue weighted by molar-refractivity contribution is -0.141. The van der Waals surface area contributed by atoms with E-state index in [1.54, 1.807) is 36.3 Å². The van der Waals surface area contributed by atoms with Crippen LogP contribution in [0.4, 0.5) is 5.69 Å². The lowest BCUT2D eigenvalue weighted by Gasteiger charge is -2.32. The van der Waals surface area contributed by atoms with Crippen LogP contribution >= 0.6 is 0 Å². The lowest BCUT2D eigenvalue weighted by atomic mass is 10.1. The zero-order valence-electron chi connectivity index (χ0n) is 24.1. The van der Waals surface area contributed by atoms with Gasteiger partial charge in [-0.25, -0.2) is 8.42 Å². The first kappa shape index (κ1) is 31.3. The second-order valence-electron chi connectivity index (χ2n) is 10.1. The smallest absolute Gasteiger partial charge is 0.243 e. The molecule has 1 atom stereocenters. The Labute approximate surface area is 238 Å². The zero-order chi connectivity index (χ0) is 29.1. The van der Waals surface area contributed by atoms with Crippen LogP contribution in [0.1, 0.15) is 64.4 Å². The molecule has 0 aromatic heterocycles. The largest absolute Gasteiger partial charge is 0.497 e. The number of nitrogens with zero attached hydrogens (tertiary/aromatic N) is 2. The molecule has 9 nitrogen and oxygen atoms in total. The maximum Gasteiger partial charge on any atom is 0.243 e. The molecular weight excluding hydrogens is 530 g/mol. The van der Waals surface area contributed by atoms with Crippen LogP contribution in [0, 0.1) is 0 Å². The van der Waals surface area contributed by atoms with Gasteiger partial charge in [0.05, 0.1) is 25.7 Å². The third-order valence-corrected chi connectivity index (χ3v) is 8.38. The molecule has 220 valence electrons. The summed E-state index contributed by atoms with van der Waals surface area (Å²) < 4.78 is 37.2. The molecule has 2 amide bonds. The molecule has 2 aromatic rings. The second kappa shape index (κ2) is 14.9. The number of hydrogen-bond donors (Lipinski definition) is 1. The topological polar surface area (TPSA) is 105 Å². The number of sulfonamides is 1. The Morgan fingerprint density at radius 3 is 2.17 bits per heavy atom. The number of ether oxygens (including phenoxy) is 2. The van der Waals surface area contributed by atoms with Crippen molar-refractivity contribution in [2.75, 3.05) is 30.8 Å². The summed E-state index contributed by atoms with van der Waals surface area (Å²) in [6.45, 7) is 4.72. The molecule has 0 aliphatic heterocycles. The van der Waals surface area contributed by atoms with E-state index >= 15 is 0 Å². The van der Waals surface area contributed by atoms with Crippen LogP contribution in [0.5, 0.6) is 11.5 Å². The first-order valence-corrected chi connectivity index (χ1v) is 15.9. The van der Waals surface area contributed by atoms with Gasteiger partial charge in [-0.1, -0.05) is 31.9 Å². The number of hydrogen-bond acceptors (Lipinski definition) is 6. The number of benzene rings is 2. The van der Waals surface area contributed by atoms with Gasteiger partial charge in [-0.05, 0) is 74.6 Å². The summed E-state index contributed by atoms with van der Waals surface area (Å²) >= 11 is 0. The van der Waals surface area contributed by atoms with Crippen molar-refractivity contribution in [2.24, 2.45) is 0 Å². The number of anilines is 1. The highest BCUT2D eigenvalue weighted by Gasteiger charge is 2.30. The fourth-order valence-corrected chi connectivity index (χ4v) is 6.06. The van der Waals surface area contributed by atoms with Crippen molar-refractivity contribution in [1.82, 2.24) is 10.2 Å². The molecule has 1 aliphatic carbocycles. The summed E-state index contributed by atoms with van der Waals surface area (Å²) in [6.07, 6.45) is 6.15. The van der Waals surface area contributed by atoms with Gasteiger partial charge in [0.15, 0.2) is 0 Å². The number of rotatable bonds is 15. The van der Waals surface area contributed by atoms with Gasteiger partial charge in [-0.2, -0.15) is 0 Å². The molecule has 1 N–H and O–H groups in total. The average molecular weight is 574 g/mol. The predicted octanol–water partition coefficient (Wildman–Crippen LogP) is 4.51. The summed E-state index contributed by atoms with van der Waals surface area (Å²) in [5.74, 6) is 1.04. The first-order valence-electron chi connectivity index (χ1n) is 14.1. The highest BCUT2D eigenvalue weighted by atomic mass is 32.2. The molecule has 2 aromatic carbocycles. The standard InChI is InChI=1S/C30H43N3O6S/c1-5-28(30(35)31-24-10-7-8-11-24)32(22-23-13-17-26(38-3)18-14-23)29(34)12-9-21-33(40(4,36)37)25-15-19-27(20-16-25)39-6-2/h13-20,24,28H,5-12,21-22H2,1-4H3,(H,31,35)/t28-/m1/s1. The van der Waals surface area contributed by atoms with Crippen molar-refractivity contribution >= 4 is 27.5 Å². The quantitative estimate of drug-likeness (QED) is 0.336. The molecule has 0 heterocycles. The van der Waals surface area contributed by atoms with E-state index in [1.165, 1.54) is 4.31 Å². The predicted molar refractivity (Wildman–Crippen MR) is 157 cm³/mol. The monoisotopic (exact) mass is 573 g/mol. The minimum Gasteiger partial charge on any atom is -0.497 e. The first-order chi connectivity index (χ1) is 19.2. The molecular formula is C30H43N3O6S. The summed E-state index contributed by atoms with van der Waals surface area (Å²) in [5, 5.41) is 3.15. The molecule has 1 fully saturated rings. The number of methoxy groups -OCH3 is 1. The molecule has 40 heavy (non-hydrogen) atoms. The molecule has 0 bridgehead atoms. The number of carbonyl (C=O) groups excluding carboxylic acids is 2. The van der Waals surface area contributed by atoms with Crippen LogP contribution in [0.25, 0.3) is 0 Å². The van der Waals surface area contributed by atoms with Gasteiger partial charge in [0.25, 0.3) is 0 Å². The van der Waals surface area contributed by atoms with Crippen molar-refractivity contribution in [1.29, 1.82) is 0 Å². The Bertz CT molecular complexity index is 1190. The molecule has 0 radical (unpaired) electrons. The molecule has 0 saturated heterocycles. The zero-order valence-corrected chi connectivity index (χ0v) is 24.9. The van der Waals surface area contributed by atoms with Gasteiger partial charge in [0.1, 0.15) is 17.5 Å². The highest BCUT2D eigenvalue weighted by molar-refractivity contribution is 7.92. The summed E-state index contributed by atoms with van der Waals surface area (Å²) in [7, 11) is -1.98. The van der Waals surface area contributed by atoms with Crippen LogP contribution < -0.4 is 19.1 Å². The minimum atomic E-state index is -3.57. The summed E-state index contributed by atoms with van der Waals surface area (Å²) in [5.41, 5.74) is 1.39. The molecule has 3 rings (SSSR count). The molecule has 0 spiro atoms. The normalized spacial score (nSPS) is 14.4. The molecule has 1 saturated carbocycles. The number of carbonyl (C=O) groups is 2. The third kappa shape index (κ3) is 8.87. The minimum absolute atomic E-state index is 0.104. The van der Waals surface area contributed by atoms with E-state index in [9.17, 15) is 18.0 Å². The van der Waals surface area contributed by atoms with Crippen LogP contribution in [-0.4, -0.2) is 63.7 Å². The fraction of sp³-hybridized carbons (Fsp3) is 0.533. The van der Waals surface area contributed by atoms with Crippen LogP contribution in [-0.2, 0) is 26.2 Å². The Morgan fingerprint density at radius 1 is 1.00 bits per heavy atom. The average Bonchev–Trinajstić information content (AvgIpc) is 3.44. The molecule has 0 unspecified atom stereocenters. The van der Waals surface area contributed by atoms with Gasteiger partial charge in [0, 0.05) is 25.6 Å². The van der Waals surface area contributed by atoms with E-state index in [0.29, 0.717) is 36.6 Å². The number of nitrogens with one attached hydrogen (secondary N) is 1. The highest BCUT2D eigenvalue weighted by Crippen LogP contribution is 2.24. The van der Waals surface area contributed by atoms with E-state index in [2.05, 4.69) is 5.32 Å². The Kier molecular flexibility index (Phi) is 11.7. The Balaban J connectivity index is 1.74. The Hall–Kier alpha value is -3.27. The van der Waals surface area contributed by atoms with Gasteiger partial charge < -0.3 is 19.7 Å². The van der Waals surface area contributed by atoms with Crippen LogP contribution in [0.3, 0.4) is 0 Å². The van der Waals surface area contributed by atoms with E-state index in [4.69, 9.17) is 9.47 Å². The van der Waals surface area contributed by atoms with Crippen LogP contribution in [0.15, 0.2) is 48.5 Å². The van der Waals surface area contributed by atoms with Gasteiger partial charge in [-0.3, -0.25) is 13.9 Å². The molecule has 1 aliphatic rings. The fourth-order valence-electron chi connectivity index (χ4n) is 5.09. The van der Waals surface area contributed by atoms with Gasteiger partial charge in [0.2, 0.25) is 21.8 Å². The number of amides is 2. The summed E-state index contributed by atoms with van der Waals surface area (Å²) in [4.78, 5) is 28.6.